The summed E-state index contributed by atoms with van der Waals surface area (Å²) in [6, 6.07) is 1.46. The number of hydrogen-bond donors (Lipinski definition) is 1. The van der Waals surface area contributed by atoms with Crippen molar-refractivity contribution in [2.75, 3.05) is 0 Å². The summed E-state index contributed by atoms with van der Waals surface area (Å²) in [7, 11) is 0. The molecule has 1 aromatic heterocycles. The second-order valence-electron chi connectivity index (χ2n) is 1.05. The van der Waals surface area contributed by atoms with Crippen molar-refractivity contribution in [3.63, 3.8) is 0 Å². The minimum absolute atomic E-state index is 0. The quantitative estimate of drug-likeness (QED) is 0.501. The zero-order valence-corrected chi connectivity index (χ0v) is 7.70. The van der Waals surface area contributed by atoms with Crippen LogP contribution in [0.3, 0.4) is 0 Å². The van der Waals surface area contributed by atoms with Crippen LogP contribution in [0.25, 0.3) is 0 Å². The molecule has 0 spiro atoms. The van der Waals surface area contributed by atoms with Crippen LogP contribution >= 0.6 is 0 Å². The van der Waals surface area contributed by atoms with Crippen molar-refractivity contribution in [1.29, 1.82) is 0 Å². The maximum absolute atomic E-state index is 8.41. The van der Waals surface area contributed by atoms with Gasteiger partial charge in [0.05, 0.1) is 0 Å². The first-order chi connectivity index (χ1) is 3.39. The largest absolute Gasteiger partial charge is 0.479 e. The van der Waals surface area contributed by atoms with E-state index in [9.17, 15) is 0 Å². The molecule has 1 heterocycles. The van der Waals surface area contributed by atoms with Gasteiger partial charge in [0, 0.05) is 63.8 Å². The Bertz CT molecular complexity index is 144. The van der Waals surface area contributed by atoms with Gasteiger partial charge >= 0.3 is 6.01 Å². The fourth-order valence-electron chi connectivity index (χ4n) is 0.291. The van der Waals surface area contributed by atoms with Crippen LogP contribution in [-0.4, -0.2) is 66.5 Å². The van der Waals surface area contributed by atoms with Crippen molar-refractivity contribution in [3.8, 4) is 6.01 Å². The monoisotopic (exact) mass is 135 g/mol. The van der Waals surface area contributed by atoms with Gasteiger partial charge in [0.25, 0.3) is 0 Å². The molecular formula is C4H4KN2O. The SMILES string of the molecule is Oc1ncccn1.[K]. The Labute approximate surface area is 89.6 Å². The fraction of sp³-hybridized carbons (Fsp3) is 0. The molecule has 1 aromatic rings. The molecular weight excluding hydrogens is 131 g/mol. The smallest absolute Gasteiger partial charge is 0.313 e. The molecule has 0 atom stereocenters. The maximum atomic E-state index is 8.41. The van der Waals surface area contributed by atoms with Crippen LogP contribution in [0.1, 0.15) is 0 Å². The van der Waals surface area contributed by atoms with E-state index in [-0.39, 0.29) is 57.4 Å². The number of rotatable bonds is 0. The molecule has 0 aromatic carbocycles. The van der Waals surface area contributed by atoms with Crippen LogP contribution in [0.15, 0.2) is 18.5 Å². The summed E-state index contributed by atoms with van der Waals surface area (Å²) in [5.41, 5.74) is 0. The molecule has 0 unspecified atom stereocenters. The number of aromatic nitrogens is 2. The molecule has 37 valence electrons. The van der Waals surface area contributed by atoms with Crippen LogP contribution < -0.4 is 0 Å². The van der Waals surface area contributed by atoms with E-state index in [1.165, 1.54) is 12.4 Å². The predicted molar refractivity (Wildman–Crippen MR) is 29.5 cm³/mol. The van der Waals surface area contributed by atoms with E-state index in [1.54, 1.807) is 6.07 Å². The van der Waals surface area contributed by atoms with Crippen molar-refractivity contribution in [2.45, 2.75) is 0 Å². The molecule has 0 aliphatic carbocycles. The number of aromatic hydroxyl groups is 1. The summed E-state index contributed by atoms with van der Waals surface area (Å²) in [6.07, 6.45) is 2.95. The minimum Gasteiger partial charge on any atom is -0.479 e. The molecule has 0 saturated heterocycles. The predicted octanol–water partition coefficient (Wildman–Crippen LogP) is -0.199. The molecule has 0 fully saturated rings. The van der Waals surface area contributed by atoms with Gasteiger partial charge in [-0.25, -0.2) is 9.97 Å². The van der Waals surface area contributed by atoms with Crippen LogP contribution in [-0.2, 0) is 0 Å². The van der Waals surface area contributed by atoms with Gasteiger partial charge < -0.3 is 5.11 Å². The zero-order chi connectivity index (χ0) is 5.11. The van der Waals surface area contributed by atoms with Gasteiger partial charge in [0.1, 0.15) is 0 Å². The van der Waals surface area contributed by atoms with E-state index in [1.807, 2.05) is 0 Å². The van der Waals surface area contributed by atoms with E-state index in [0.717, 1.165) is 0 Å². The van der Waals surface area contributed by atoms with E-state index >= 15 is 0 Å². The van der Waals surface area contributed by atoms with Crippen LogP contribution in [0.4, 0.5) is 0 Å². The Morgan fingerprint density at radius 1 is 1.25 bits per heavy atom. The molecule has 1 radical (unpaired) electrons. The van der Waals surface area contributed by atoms with E-state index < -0.39 is 0 Å². The molecule has 1 N–H and O–H groups in total. The van der Waals surface area contributed by atoms with Gasteiger partial charge in [-0.2, -0.15) is 0 Å². The summed E-state index contributed by atoms with van der Waals surface area (Å²) >= 11 is 0. The van der Waals surface area contributed by atoms with Gasteiger partial charge in [0.15, 0.2) is 0 Å². The summed E-state index contributed by atoms with van der Waals surface area (Å²) in [6.45, 7) is 0. The Morgan fingerprint density at radius 2 is 1.75 bits per heavy atom. The molecule has 0 aliphatic heterocycles. The second-order valence-corrected chi connectivity index (χ2v) is 1.05. The van der Waals surface area contributed by atoms with Gasteiger partial charge in [-0.05, 0) is 6.07 Å². The van der Waals surface area contributed by atoms with Crippen molar-refractivity contribution in [1.82, 2.24) is 9.97 Å². The number of nitrogens with zero attached hydrogens (tertiary/aromatic N) is 2. The molecule has 8 heavy (non-hydrogen) atoms. The van der Waals surface area contributed by atoms with Crippen molar-refractivity contribution < 1.29 is 5.11 Å². The topological polar surface area (TPSA) is 46.0 Å². The summed E-state index contributed by atoms with van der Waals surface area (Å²) in [5.74, 6) is 0. The average molecular weight is 135 g/mol. The molecule has 4 heteroatoms. The third kappa shape index (κ3) is 2.73. The zero-order valence-electron chi connectivity index (χ0n) is 4.57. The third-order valence-corrected chi connectivity index (χ3v) is 0.552. The maximum Gasteiger partial charge on any atom is 0.313 e. The molecule has 0 aliphatic rings. The van der Waals surface area contributed by atoms with Crippen molar-refractivity contribution in [3.05, 3.63) is 18.5 Å². The summed E-state index contributed by atoms with van der Waals surface area (Å²) in [5, 5.41) is 8.41. The van der Waals surface area contributed by atoms with Crippen molar-refractivity contribution in [2.24, 2.45) is 0 Å². The minimum atomic E-state index is -0.178. The fourth-order valence-corrected chi connectivity index (χ4v) is 0.291. The molecule has 3 nitrogen and oxygen atoms in total. The van der Waals surface area contributed by atoms with E-state index in [4.69, 9.17) is 5.11 Å². The van der Waals surface area contributed by atoms with Crippen molar-refractivity contribution >= 4 is 51.4 Å². The molecule has 0 amide bonds. The van der Waals surface area contributed by atoms with Gasteiger partial charge in [-0.1, -0.05) is 0 Å². The van der Waals surface area contributed by atoms with Crippen LogP contribution in [0, 0.1) is 0 Å². The first-order valence-electron chi connectivity index (χ1n) is 1.85. The van der Waals surface area contributed by atoms with Gasteiger partial charge in [-0.3, -0.25) is 0 Å². The van der Waals surface area contributed by atoms with E-state index in [0.29, 0.717) is 0 Å². The molecule has 0 bridgehead atoms. The van der Waals surface area contributed by atoms with Crippen LogP contribution in [0.5, 0.6) is 6.01 Å². The number of hydrogen-bond acceptors (Lipinski definition) is 3. The second kappa shape index (κ2) is 4.40. The van der Waals surface area contributed by atoms with Gasteiger partial charge in [0.2, 0.25) is 0 Å². The molecule has 0 saturated carbocycles. The Kier molecular flexibility index (Phi) is 4.68. The Hall–Kier alpha value is 0.516. The average Bonchev–Trinajstić information content (AvgIpc) is 1.69. The van der Waals surface area contributed by atoms with Crippen LogP contribution in [0.2, 0.25) is 0 Å². The third-order valence-electron chi connectivity index (χ3n) is 0.552. The normalized spacial score (nSPS) is 7.50. The standard InChI is InChI=1S/C4H4N2O.K/c7-4-5-2-1-3-6-4;/h1-3H,(H,5,6,7);. The first-order valence-corrected chi connectivity index (χ1v) is 1.85. The summed E-state index contributed by atoms with van der Waals surface area (Å²) in [4.78, 5) is 6.85. The Morgan fingerprint density at radius 3 is 2.00 bits per heavy atom. The first kappa shape index (κ1) is 8.52. The summed E-state index contributed by atoms with van der Waals surface area (Å²) < 4.78 is 0. The molecule has 1 rings (SSSR count). The van der Waals surface area contributed by atoms with E-state index in [2.05, 4.69) is 9.97 Å². The van der Waals surface area contributed by atoms with Gasteiger partial charge in [-0.15, -0.1) is 0 Å². The Balaban J connectivity index is 0.000000490.